The van der Waals surface area contributed by atoms with Gasteiger partial charge in [0.1, 0.15) is 0 Å². The van der Waals surface area contributed by atoms with E-state index in [9.17, 15) is 13.2 Å². The van der Waals surface area contributed by atoms with E-state index in [1.807, 2.05) is 19.2 Å². The van der Waals surface area contributed by atoms with Crippen LogP contribution in [0.15, 0.2) is 83.8 Å². The molecule has 7 nitrogen and oxygen atoms in total. The summed E-state index contributed by atoms with van der Waals surface area (Å²) in [6.07, 6.45) is 1.24. The molecule has 0 spiro atoms. The topological polar surface area (TPSA) is 78.9 Å². The van der Waals surface area contributed by atoms with Gasteiger partial charge in [0, 0.05) is 31.9 Å². The number of nitrogens with zero attached hydrogens (tertiary/aromatic N) is 2. The number of rotatable bonds is 10. The van der Waals surface area contributed by atoms with E-state index in [-0.39, 0.29) is 15.8 Å². The van der Waals surface area contributed by atoms with Gasteiger partial charge in [0.25, 0.3) is 8.32 Å². The molecule has 1 N–H and O–H groups in total. The first-order valence-electron chi connectivity index (χ1n) is 14.9. The van der Waals surface area contributed by atoms with Crippen molar-refractivity contribution in [1.29, 1.82) is 0 Å². The summed E-state index contributed by atoms with van der Waals surface area (Å²) in [7, 11) is -4.39. The maximum Gasteiger partial charge on any atom is 0.261 e. The standard InChI is InChI=1S/C33H44BrN3O4SSi/c1-26-17-18-27(25-31(26)42(39,40)37-21-12-20-36(5)22-23-37)35-32(38)30(34)19-24-41-43(33(2,3)4,28-13-8-6-9-14-28)29-15-10-7-11-16-29/h6-11,13-18,25,30H,12,19-24H2,1-5H3,(H,35,38). The molecule has 1 aliphatic rings. The molecule has 1 saturated heterocycles. The molecule has 3 aromatic carbocycles. The molecule has 232 valence electrons. The Kier molecular flexibility index (Phi) is 11.1. The van der Waals surface area contributed by atoms with Crippen molar-refractivity contribution < 1.29 is 17.6 Å². The molecule has 1 unspecified atom stereocenters. The molecule has 1 heterocycles. The molecule has 1 aliphatic heterocycles. The van der Waals surface area contributed by atoms with Crippen LogP contribution in [0, 0.1) is 6.92 Å². The zero-order valence-electron chi connectivity index (χ0n) is 25.8. The van der Waals surface area contributed by atoms with Crippen molar-refractivity contribution in [3.8, 4) is 0 Å². The van der Waals surface area contributed by atoms with E-state index < -0.39 is 23.2 Å². The number of hydrogen-bond donors (Lipinski definition) is 1. The lowest BCUT2D eigenvalue weighted by molar-refractivity contribution is -0.115. The van der Waals surface area contributed by atoms with Crippen molar-refractivity contribution in [2.75, 3.05) is 45.2 Å². The first-order valence-corrected chi connectivity index (χ1v) is 19.1. The number of carbonyl (C=O) groups excluding carboxylic acids is 1. The molecular formula is C33H44BrN3O4SSi. The van der Waals surface area contributed by atoms with E-state index in [2.05, 4.69) is 95.4 Å². The van der Waals surface area contributed by atoms with Gasteiger partial charge in [-0.2, -0.15) is 4.31 Å². The lowest BCUT2D eigenvalue weighted by Crippen LogP contribution is -2.66. The minimum absolute atomic E-state index is 0.160. The highest BCUT2D eigenvalue weighted by molar-refractivity contribution is 9.10. The molecule has 1 fully saturated rings. The molecule has 3 aromatic rings. The Morgan fingerprint density at radius 3 is 2.14 bits per heavy atom. The van der Waals surface area contributed by atoms with Crippen molar-refractivity contribution >= 4 is 56.2 Å². The van der Waals surface area contributed by atoms with Crippen molar-refractivity contribution in [1.82, 2.24) is 9.21 Å². The number of halogens is 1. The Bertz CT molecular complexity index is 1440. The monoisotopic (exact) mass is 685 g/mol. The maximum atomic E-state index is 13.6. The number of aryl methyl sites for hydroxylation is 1. The predicted octanol–water partition coefficient (Wildman–Crippen LogP) is 4.99. The van der Waals surface area contributed by atoms with Gasteiger partial charge in [-0.25, -0.2) is 8.42 Å². The summed E-state index contributed by atoms with van der Waals surface area (Å²) < 4.78 is 35.6. The van der Waals surface area contributed by atoms with Crippen LogP contribution >= 0.6 is 15.9 Å². The van der Waals surface area contributed by atoms with Crippen LogP contribution in [-0.4, -0.2) is 76.5 Å². The fourth-order valence-electron chi connectivity index (χ4n) is 5.79. The van der Waals surface area contributed by atoms with Gasteiger partial charge in [-0.15, -0.1) is 0 Å². The summed E-state index contributed by atoms with van der Waals surface area (Å²) in [6.45, 7) is 11.3. The first-order chi connectivity index (χ1) is 20.4. The van der Waals surface area contributed by atoms with Crippen molar-refractivity contribution in [3.63, 3.8) is 0 Å². The van der Waals surface area contributed by atoms with E-state index in [0.29, 0.717) is 43.9 Å². The van der Waals surface area contributed by atoms with Crippen LogP contribution in [0.2, 0.25) is 5.04 Å². The molecular weight excluding hydrogens is 642 g/mol. The highest BCUT2D eigenvalue weighted by atomic mass is 79.9. The molecule has 1 amide bonds. The van der Waals surface area contributed by atoms with Gasteiger partial charge in [-0.1, -0.05) is 103 Å². The molecule has 0 radical (unpaired) electrons. The van der Waals surface area contributed by atoms with E-state index in [0.717, 1.165) is 13.0 Å². The van der Waals surface area contributed by atoms with Gasteiger partial charge < -0.3 is 14.6 Å². The van der Waals surface area contributed by atoms with Gasteiger partial charge in [0.2, 0.25) is 15.9 Å². The number of hydrogen-bond acceptors (Lipinski definition) is 5. The summed E-state index contributed by atoms with van der Waals surface area (Å²) in [5.74, 6) is -0.241. The smallest absolute Gasteiger partial charge is 0.261 e. The van der Waals surface area contributed by atoms with Crippen LogP contribution in [0.1, 0.15) is 39.2 Å². The number of amides is 1. The Balaban J connectivity index is 1.48. The molecule has 4 rings (SSSR count). The number of carbonyl (C=O) groups is 1. The third-order valence-electron chi connectivity index (χ3n) is 8.14. The number of sulfonamides is 1. The number of benzene rings is 3. The number of nitrogens with one attached hydrogen (secondary N) is 1. The normalized spacial score (nSPS) is 16.4. The zero-order valence-corrected chi connectivity index (χ0v) is 29.2. The van der Waals surface area contributed by atoms with Gasteiger partial charge in [-0.3, -0.25) is 4.79 Å². The Hall–Kier alpha value is -2.34. The first kappa shape index (κ1) is 33.5. The van der Waals surface area contributed by atoms with Crippen LogP contribution < -0.4 is 15.7 Å². The molecule has 43 heavy (non-hydrogen) atoms. The SMILES string of the molecule is Cc1ccc(NC(=O)C(Br)CCO[Si](c2ccccc2)(c2ccccc2)C(C)(C)C)cc1S(=O)(=O)N1CCCN(C)CC1. The quantitative estimate of drug-likeness (QED) is 0.240. The predicted molar refractivity (Wildman–Crippen MR) is 182 cm³/mol. The number of alkyl halides is 1. The van der Waals surface area contributed by atoms with Crippen LogP contribution in [-0.2, 0) is 19.2 Å². The minimum Gasteiger partial charge on any atom is -0.407 e. The second-order valence-corrected chi connectivity index (χ2v) is 19.6. The minimum atomic E-state index is -3.69. The summed E-state index contributed by atoms with van der Waals surface area (Å²) in [5.41, 5.74) is 1.11. The maximum absolute atomic E-state index is 13.6. The third-order valence-corrected chi connectivity index (χ3v) is 16.1. The molecule has 0 aromatic heterocycles. The van der Waals surface area contributed by atoms with Gasteiger partial charge in [0.15, 0.2) is 0 Å². The van der Waals surface area contributed by atoms with Crippen LogP contribution in [0.25, 0.3) is 0 Å². The van der Waals surface area contributed by atoms with Gasteiger partial charge in [-0.05, 0) is 66.5 Å². The zero-order chi connectivity index (χ0) is 31.3. The molecule has 0 aliphatic carbocycles. The van der Waals surface area contributed by atoms with E-state index in [1.54, 1.807) is 29.4 Å². The summed E-state index contributed by atoms with van der Waals surface area (Å²) in [6, 6.07) is 25.9. The molecule has 0 saturated carbocycles. The summed E-state index contributed by atoms with van der Waals surface area (Å²) in [5, 5.41) is 5.14. The van der Waals surface area contributed by atoms with E-state index in [4.69, 9.17) is 4.43 Å². The van der Waals surface area contributed by atoms with Gasteiger partial charge in [0.05, 0.1) is 9.72 Å². The van der Waals surface area contributed by atoms with Crippen molar-refractivity contribution in [2.45, 2.75) is 55.3 Å². The van der Waals surface area contributed by atoms with Crippen LogP contribution in [0.3, 0.4) is 0 Å². The lowest BCUT2D eigenvalue weighted by atomic mass is 10.2. The second-order valence-electron chi connectivity index (χ2n) is 12.3. The van der Waals surface area contributed by atoms with Gasteiger partial charge >= 0.3 is 0 Å². The third kappa shape index (κ3) is 7.66. The Labute approximate surface area is 266 Å². The Morgan fingerprint density at radius 1 is 0.953 bits per heavy atom. The highest BCUT2D eigenvalue weighted by Crippen LogP contribution is 2.37. The fraction of sp³-hybridized carbons (Fsp3) is 0.424. The van der Waals surface area contributed by atoms with Crippen molar-refractivity contribution in [3.05, 3.63) is 84.4 Å². The average Bonchev–Trinajstić information content (AvgIpc) is 3.21. The highest BCUT2D eigenvalue weighted by Gasteiger charge is 2.50. The molecule has 0 bridgehead atoms. The Morgan fingerprint density at radius 2 is 1.56 bits per heavy atom. The van der Waals surface area contributed by atoms with E-state index >= 15 is 0 Å². The summed E-state index contributed by atoms with van der Waals surface area (Å²) in [4.78, 5) is 15.1. The largest absolute Gasteiger partial charge is 0.407 e. The van der Waals surface area contributed by atoms with Crippen LogP contribution in [0.5, 0.6) is 0 Å². The lowest BCUT2D eigenvalue weighted by Gasteiger charge is -2.43. The molecule has 10 heteroatoms. The molecule has 1 atom stereocenters. The van der Waals surface area contributed by atoms with Crippen LogP contribution in [0.4, 0.5) is 5.69 Å². The average molecular weight is 687 g/mol. The van der Waals surface area contributed by atoms with Crippen molar-refractivity contribution in [2.24, 2.45) is 0 Å². The number of anilines is 1. The summed E-state index contributed by atoms with van der Waals surface area (Å²) >= 11 is 3.57. The number of likely N-dealkylation sites (N-methyl/N-ethyl adjacent to an activating group) is 1. The fourth-order valence-corrected chi connectivity index (χ4v) is 12.4. The second kappa shape index (κ2) is 14.2. The van der Waals surface area contributed by atoms with E-state index in [1.165, 1.54) is 10.4 Å².